The van der Waals surface area contributed by atoms with Gasteiger partial charge in [-0.3, -0.25) is 4.79 Å². The number of hydrogen-bond acceptors (Lipinski definition) is 2. The van der Waals surface area contributed by atoms with Gasteiger partial charge in [0.1, 0.15) is 11.6 Å². The van der Waals surface area contributed by atoms with Crippen molar-refractivity contribution in [3.05, 3.63) is 34.9 Å². The van der Waals surface area contributed by atoms with E-state index in [4.69, 9.17) is 4.74 Å². The number of hydrogen-bond donors (Lipinski definition) is 0. The van der Waals surface area contributed by atoms with E-state index in [9.17, 15) is 13.6 Å². The molecule has 0 saturated carbocycles. The molecule has 0 aliphatic heterocycles. The van der Waals surface area contributed by atoms with Gasteiger partial charge in [-0.25, -0.2) is 8.78 Å². The van der Waals surface area contributed by atoms with Gasteiger partial charge in [0.15, 0.2) is 5.78 Å². The quantitative estimate of drug-likeness (QED) is 0.700. The molecule has 0 aliphatic carbocycles. The smallest absolute Gasteiger partial charge is 0.165 e. The second kappa shape index (κ2) is 4.28. The third-order valence-corrected chi connectivity index (χ3v) is 1.82. The van der Waals surface area contributed by atoms with Crippen molar-refractivity contribution in [1.82, 2.24) is 0 Å². The largest absolute Gasteiger partial charge is 0.380 e. The Balaban J connectivity index is 3.26. The Bertz CT molecular complexity index is 361. The maximum absolute atomic E-state index is 13.4. The van der Waals surface area contributed by atoms with Crippen LogP contribution < -0.4 is 0 Å². The summed E-state index contributed by atoms with van der Waals surface area (Å²) in [5, 5.41) is 0. The molecule has 0 saturated heterocycles. The molecule has 0 bridgehead atoms. The fraction of sp³-hybridized carbons (Fsp3) is 0.300. The number of carbonyl (C=O) groups excluding carboxylic acids is 1. The summed E-state index contributed by atoms with van der Waals surface area (Å²) in [5.41, 5.74) is -0.321. The topological polar surface area (TPSA) is 26.3 Å². The molecule has 14 heavy (non-hydrogen) atoms. The first kappa shape index (κ1) is 10.8. The second-order valence-electron chi connectivity index (χ2n) is 2.88. The molecular weight excluding hydrogens is 190 g/mol. The van der Waals surface area contributed by atoms with E-state index in [2.05, 4.69) is 0 Å². The van der Waals surface area contributed by atoms with Gasteiger partial charge >= 0.3 is 0 Å². The minimum Gasteiger partial charge on any atom is -0.380 e. The molecule has 0 heterocycles. The number of halogens is 2. The minimum absolute atomic E-state index is 0.0202. The van der Waals surface area contributed by atoms with Crippen LogP contribution in [0.15, 0.2) is 12.1 Å². The van der Waals surface area contributed by atoms with Gasteiger partial charge in [0.25, 0.3) is 0 Å². The Morgan fingerprint density at radius 2 is 2.07 bits per heavy atom. The third kappa shape index (κ3) is 1.96. The molecule has 0 spiro atoms. The zero-order chi connectivity index (χ0) is 10.7. The molecule has 0 amide bonds. The van der Waals surface area contributed by atoms with Crippen molar-refractivity contribution in [3.63, 3.8) is 0 Å². The number of carbonyl (C=O) groups is 1. The molecule has 4 heteroatoms. The van der Waals surface area contributed by atoms with Crippen LogP contribution in [0, 0.1) is 11.6 Å². The van der Waals surface area contributed by atoms with Gasteiger partial charge in [-0.2, -0.15) is 0 Å². The van der Waals surface area contributed by atoms with Gasteiger partial charge in [0.2, 0.25) is 0 Å². The van der Waals surface area contributed by atoms with E-state index in [1.54, 1.807) is 0 Å². The predicted octanol–water partition coefficient (Wildman–Crippen LogP) is 2.31. The van der Waals surface area contributed by atoms with Crippen LogP contribution in [0.25, 0.3) is 0 Å². The number of ketones is 1. The highest BCUT2D eigenvalue weighted by Crippen LogP contribution is 2.18. The minimum atomic E-state index is -0.838. The van der Waals surface area contributed by atoms with Gasteiger partial charge < -0.3 is 4.74 Å². The van der Waals surface area contributed by atoms with Gasteiger partial charge in [0.05, 0.1) is 12.2 Å². The number of benzene rings is 1. The Morgan fingerprint density at radius 1 is 1.43 bits per heavy atom. The molecular formula is C10H10F2O2. The first-order valence-corrected chi connectivity index (χ1v) is 4.04. The molecule has 0 radical (unpaired) electrons. The van der Waals surface area contributed by atoms with Gasteiger partial charge in [-0.15, -0.1) is 0 Å². The summed E-state index contributed by atoms with van der Waals surface area (Å²) < 4.78 is 31.2. The van der Waals surface area contributed by atoms with Crippen LogP contribution in [-0.4, -0.2) is 12.9 Å². The highest BCUT2D eigenvalue weighted by atomic mass is 19.1. The van der Waals surface area contributed by atoms with E-state index in [1.165, 1.54) is 13.2 Å². The fourth-order valence-corrected chi connectivity index (χ4v) is 1.19. The number of ether oxygens (including phenoxy) is 1. The molecule has 0 atom stereocenters. The van der Waals surface area contributed by atoms with E-state index in [-0.39, 0.29) is 12.2 Å². The Labute approximate surface area is 80.5 Å². The molecule has 1 aromatic rings. The van der Waals surface area contributed by atoms with Gasteiger partial charge in [-0.1, -0.05) is 6.07 Å². The van der Waals surface area contributed by atoms with Crippen molar-refractivity contribution in [1.29, 1.82) is 0 Å². The lowest BCUT2D eigenvalue weighted by Gasteiger charge is -2.06. The summed E-state index contributed by atoms with van der Waals surface area (Å²) in [5.74, 6) is -2.30. The van der Waals surface area contributed by atoms with Crippen LogP contribution in [0.5, 0.6) is 0 Å². The zero-order valence-corrected chi connectivity index (χ0v) is 7.93. The summed E-state index contributed by atoms with van der Waals surface area (Å²) in [7, 11) is 1.40. The summed E-state index contributed by atoms with van der Waals surface area (Å²) in [6, 6.07) is 2.33. The van der Waals surface area contributed by atoms with Crippen molar-refractivity contribution in [3.8, 4) is 0 Å². The van der Waals surface area contributed by atoms with Gasteiger partial charge in [-0.05, 0) is 13.0 Å². The van der Waals surface area contributed by atoms with E-state index >= 15 is 0 Å². The van der Waals surface area contributed by atoms with Crippen LogP contribution >= 0.6 is 0 Å². The lowest BCUT2D eigenvalue weighted by Crippen LogP contribution is -2.05. The lowest BCUT2D eigenvalue weighted by molar-refractivity contribution is 0.100. The van der Waals surface area contributed by atoms with E-state index in [0.717, 1.165) is 13.0 Å². The average molecular weight is 200 g/mol. The zero-order valence-electron chi connectivity index (χ0n) is 7.93. The average Bonchev–Trinajstić information content (AvgIpc) is 2.10. The normalized spacial score (nSPS) is 10.3. The van der Waals surface area contributed by atoms with E-state index in [1.807, 2.05) is 0 Å². The fourth-order valence-electron chi connectivity index (χ4n) is 1.19. The van der Waals surface area contributed by atoms with Crippen molar-refractivity contribution >= 4 is 5.78 Å². The highest BCUT2D eigenvalue weighted by molar-refractivity contribution is 5.94. The standard InChI is InChI=1S/C10H10F2O2/c1-6(13)9-8(11)4-3-7(5-14-2)10(9)12/h3-4H,5H2,1-2H3. The van der Waals surface area contributed by atoms with Crippen LogP contribution in [0.4, 0.5) is 8.78 Å². The van der Waals surface area contributed by atoms with E-state index < -0.39 is 23.0 Å². The molecule has 0 fully saturated rings. The lowest BCUT2D eigenvalue weighted by atomic mass is 10.1. The highest BCUT2D eigenvalue weighted by Gasteiger charge is 2.16. The molecule has 2 nitrogen and oxygen atoms in total. The summed E-state index contributed by atoms with van der Waals surface area (Å²) in [4.78, 5) is 10.9. The summed E-state index contributed by atoms with van der Waals surface area (Å²) in [6.45, 7) is 1.14. The molecule has 0 unspecified atom stereocenters. The molecule has 0 aliphatic rings. The Morgan fingerprint density at radius 3 is 2.57 bits per heavy atom. The van der Waals surface area contributed by atoms with Crippen molar-refractivity contribution in [2.45, 2.75) is 13.5 Å². The maximum Gasteiger partial charge on any atom is 0.165 e. The molecule has 0 aromatic heterocycles. The monoisotopic (exact) mass is 200 g/mol. The van der Waals surface area contributed by atoms with E-state index in [0.29, 0.717) is 0 Å². The van der Waals surface area contributed by atoms with Crippen LogP contribution in [0.2, 0.25) is 0 Å². The Kier molecular flexibility index (Phi) is 3.30. The molecule has 76 valence electrons. The molecule has 1 aromatic carbocycles. The van der Waals surface area contributed by atoms with Gasteiger partial charge in [0, 0.05) is 12.7 Å². The van der Waals surface area contributed by atoms with Crippen molar-refractivity contribution in [2.24, 2.45) is 0 Å². The molecule has 0 N–H and O–H groups in total. The molecule has 1 rings (SSSR count). The number of rotatable bonds is 3. The number of Topliss-reactive ketones (excluding diaryl/α,β-unsaturated/α-hetero) is 1. The number of methoxy groups -OCH3 is 1. The second-order valence-corrected chi connectivity index (χ2v) is 2.88. The first-order chi connectivity index (χ1) is 6.57. The third-order valence-electron chi connectivity index (χ3n) is 1.82. The first-order valence-electron chi connectivity index (χ1n) is 4.04. The van der Waals surface area contributed by atoms with Crippen LogP contribution in [0.1, 0.15) is 22.8 Å². The SMILES string of the molecule is COCc1ccc(F)c(C(C)=O)c1F. The van der Waals surface area contributed by atoms with Crippen LogP contribution in [0.3, 0.4) is 0 Å². The van der Waals surface area contributed by atoms with Crippen molar-refractivity contribution in [2.75, 3.05) is 7.11 Å². The summed E-state index contributed by atoms with van der Waals surface area (Å²) >= 11 is 0. The summed E-state index contributed by atoms with van der Waals surface area (Å²) in [6.07, 6.45) is 0. The maximum atomic E-state index is 13.4. The Hall–Kier alpha value is -1.29. The predicted molar refractivity (Wildman–Crippen MR) is 47.1 cm³/mol. The van der Waals surface area contributed by atoms with Crippen LogP contribution in [-0.2, 0) is 11.3 Å². The van der Waals surface area contributed by atoms with Crippen molar-refractivity contribution < 1.29 is 18.3 Å².